The van der Waals surface area contributed by atoms with Crippen LogP contribution < -0.4 is 4.74 Å². The van der Waals surface area contributed by atoms with Crippen LogP contribution in [0.15, 0.2) is 48.5 Å². The quantitative estimate of drug-likeness (QED) is 0.777. The van der Waals surface area contributed by atoms with Gasteiger partial charge in [-0.1, -0.05) is 18.2 Å². The van der Waals surface area contributed by atoms with Crippen LogP contribution in [0.3, 0.4) is 0 Å². The summed E-state index contributed by atoms with van der Waals surface area (Å²) in [6.45, 7) is 0.707. The maximum atomic E-state index is 11.2. The molecule has 2 aromatic carbocycles. The average molecular weight is 305 g/mol. The Morgan fingerprint density at radius 2 is 2.04 bits per heavy atom. The third-order valence-electron chi connectivity index (χ3n) is 4.27. The molecule has 0 spiro atoms. The molecular weight excluding hydrogens is 290 g/mol. The molecule has 4 heteroatoms. The number of hydrogen-bond acceptors (Lipinski definition) is 2. The number of carbonyl (C=O) groups is 1. The lowest BCUT2D eigenvalue weighted by atomic mass is 10.0. The zero-order valence-electron chi connectivity index (χ0n) is 12.6. The third kappa shape index (κ3) is 2.11. The SMILES string of the molecule is COc1ccc2c(c1)C=CCn1c-2cc2ccc(C(=O)O)cc21. The smallest absolute Gasteiger partial charge is 0.335 e. The molecule has 23 heavy (non-hydrogen) atoms. The van der Waals surface area contributed by atoms with Crippen molar-refractivity contribution in [1.29, 1.82) is 0 Å². The molecule has 3 aromatic rings. The summed E-state index contributed by atoms with van der Waals surface area (Å²) in [5.41, 5.74) is 4.55. The fourth-order valence-electron chi connectivity index (χ4n) is 3.13. The number of nitrogens with zero attached hydrogens (tertiary/aromatic N) is 1. The Morgan fingerprint density at radius 1 is 1.17 bits per heavy atom. The first-order valence-electron chi connectivity index (χ1n) is 7.39. The lowest BCUT2D eigenvalue weighted by molar-refractivity contribution is 0.0697. The predicted molar refractivity (Wildman–Crippen MR) is 89.9 cm³/mol. The normalized spacial score (nSPS) is 12.6. The van der Waals surface area contributed by atoms with Crippen LogP contribution in [0, 0.1) is 0 Å². The highest BCUT2D eigenvalue weighted by atomic mass is 16.5. The van der Waals surface area contributed by atoms with E-state index in [0.29, 0.717) is 12.1 Å². The van der Waals surface area contributed by atoms with Crippen molar-refractivity contribution in [3.05, 3.63) is 59.7 Å². The van der Waals surface area contributed by atoms with Crippen LogP contribution in [-0.2, 0) is 6.54 Å². The highest BCUT2D eigenvalue weighted by Gasteiger charge is 2.16. The van der Waals surface area contributed by atoms with Crippen molar-refractivity contribution in [3.8, 4) is 17.0 Å². The second-order valence-electron chi connectivity index (χ2n) is 5.57. The topological polar surface area (TPSA) is 51.5 Å². The maximum absolute atomic E-state index is 11.2. The Balaban J connectivity index is 1.98. The summed E-state index contributed by atoms with van der Waals surface area (Å²) in [5, 5.41) is 10.3. The summed E-state index contributed by atoms with van der Waals surface area (Å²) < 4.78 is 7.45. The average Bonchev–Trinajstić information content (AvgIpc) is 2.82. The first kappa shape index (κ1) is 13.6. The van der Waals surface area contributed by atoms with Gasteiger partial charge in [-0.25, -0.2) is 4.79 Å². The Labute approximate surface area is 133 Å². The van der Waals surface area contributed by atoms with Crippen molar-refractivity contribution in [2.75, 3.05) is 7.11 Å². The van der Waals surface area contributed by atoms with Gasteiger partial charge in [0, 0.05) is 28.7 Å². The molecule has 0 fully saturated rings. The first-order chi connectivity index (χ1) is 11.2. The van der Waals surface area contributed by atoms with Gasteiger partial charge >= 0.3 is 5.97 Å². The van der Waals surface area contributed by atoms with Gasteiger partial charge < -0.3 is 14.4 Å². The summed E-state index contributed by atoms with van der Waals surface area (Å²) in [4.78, 5) is 11.2. The number of aromatic nitrogens is 1. The van der Waals surface area contributed by atoms with E-state index in [1.807, 2.05) is 24.3 Å². The van der Waals surface area contributed by atoms with Gasteiger partial charge in [-0.3, -0.25) is 0 Å². The van der Waals surface area contributed by atoms with Crippen molar-refractivity contribution in [2.24, 2.45) is 0 Å². The van der Waals surface area contributed by atoms with E-state index in [2.05, 4.69) is 22.8 Å². The highest BCUT2D eigenvalue weighted by molar-refractivity contribution is 5.96. The molecule has 4 nitrogen and oxygen atoms in total. The van der Waals surface area contributed by atoms with Gasteiger partial charge in [-0.05, 0) is 42.0 Å². The lowest BCUT2D eigenvalue weighted by Gasteiger charge is -2.09. The Morgan fingerprint density at radius 3 is 2.83 bits per heavy atom. The minimum absolute atomic E-state index is 0.307. The second kappa shape index (κ2) is 5.02. The number of carboxylic acids is 1. The number of fused-ring (bicyclic) bond motifs is 5. The molecule has 1 aromatic heterocycles. The number of ether oxygens (including phenoxy) is 1. The van der Waals surface area contributed by atoms with Crippen molar-refractivity contribution < 1.29 is 14.6 Å². The number of methoxy groups -OCH3 is 1. The molecule has 0 atom stereocenters. The molecule has 0 saturated carbocycles. The largest absolute Gasteiger partial charge is 0.497 e. The van der Waals surface area contributed by atoms with Crippen LogP contribution in [0.5, 0.6) is 5.75 Å². The summed E-state index contributed by atoms with van der Waals surface area (Å²) in [7, 11) is 1.66. The molecule has 0 bridgehead atoms. The molecule has 0 saturated heterocycles. The van der Waals surface area contributed by atoms with Crippen molar-refractivity contribution >= 4 is 22.9 Å². The number of benzene rings is 2. The maximum Gasteiger partial charge on any atom is 0.335 e. The molecular formula is C19H15NO3. The van der Waals surface area contributed by atoms with E-state index in [-0.39, 0.29) is 0 Å². The number of aromatic carboxylic acids is 1. The molecule has 1 aliphatic rings. The van der Waals surface area contributed by atoms with Crippen molar-refractivity contribution in [3.63, 3.8) is 0 Å². The summed E-state index contributed by atoms with van der Waals surface area (Å²) in [6, 6.07) is 13.4. The minimum Gasteiger partial charge on any atom is -0.497 e. The monoisotopic (exact) mass is 305 g/mol. The van der Waals surface area contributed by atoms with Gasteiger partial charge in [-0.2, -0.15) is 0 Å². The minimum atomic E-state index is -0.906. The molecule has 0 unspecified atom stereocenters. The number of hydrogen-bond donors (Lipinski definition) is 1. The van der Waals surface area contributed by atoms with Gasteiger partial charge in [0.1, 0.15) is 5.75 Å². The molecule has 0 radical (unpaired) electrons. The summed E-state index contributed by atoms with van der Waals surface area (Å²) >= 11 is 0. The van der Waals surface area contributed by atoms with Crippen LogP contribution in [0.25, 0.3) is 28.2 Å². The van der Waals surface area contributed by atoms with Crippen LogP contribution in [0.4, 0.5) is 0 Å². The Bertz CT molecular complexity index is 966. The van der Waals surface area contributed by atoms with E-state index in [1.165, 1.54) is 0 Å². The summed E-state index contributed by atoms with van der Waals surface area (Å²) in [5.74, 6) is -0.0807. The van der Waals surface area contributed by atoms with E-state index >= 15 is 0 Å². The molecule has 114 valence electrons. The highest BCUT2D eigenvalue weighted by Crippen LogP contribution is 2.35. The van der Waals surface area contributed by atoms with E-state index in [0.717, 1.165) is 33.5 Å². The van der Waals surface area contributed by atoms with E-state index < -0.39 is 5.97 Å². The van der Waals surface area contributed by atoms with E-state index in [4.69, 9.17) is 4.74 Å². The van der Waals surface area contributed by atoms with Crippen molar-refractivity contribution in [2.45, 2.75) is 6.54 Å². The van der Waals surface area contributed by atoms with Crippen LogP contribution in [0.1, 0.15) is 15.9 Å². The molecule has 2 heterocycles. The van der Waals surface area contributed by atoms with Gasteiger partial charge in [0.05, 0.1) is 12.7 Å². The third-order valence-corrected chi connectivity index (χ3v) is 4.27. The molecule has 1 aliphatic heterocycles. The van der Waals surface area contributed by atoms with Crippen LogP contribution in [-0.4, -0.2) is 22.8 Å². The molecule has 0 aliphatic carbocycles. The fourth-order valence-corrected chi connectivity index (χ4v) is 3.13. The van der Waals surface area contributed by atoms with Gasteiger partial charge in [-0.15, -0.1) is 0 Å². The summed E-state index contributed by atoms with van der Waals surface area (Å²) in [6.07, 6.45) is 4.17. The van der Waals surface area contributed by atoms with Gasteiger partial charge in [0.25, 0.3) is 0 Å². The lowest BCUT2D eigenvalue weighted by Crippen LogP contribution is -1.99. The zero-order valence-corrected chi connectivity index (χ0v) is 12.6. The van der Waals surface area contributed by atoms with E-state index in [9.17, 15) is 9.90 Å². The Kier molecular flexibility index (Phi) is 2.98. The molecule has 1 N–H and O–H groups in total. The fraction of sp³-hybridized carbons (Fsp3) is 0.105. The predicted octanol–water partition coefficient (Wildman–Crippen LogP) is 4.04. The van der Waals surface area contributed by atoms with Crippen LogP contribution in [0.2, 0.25) is 0 Å². The van der Waals surface area contributed by atoms with Crippen molar-refractivity contribution in [1.82, 2.24) is 4.57 Å². The van der Waals surface area contributed by atoms with Gasteiger partial charge in [0.15, 0.2) is 0 Å². The van der Waals surface area contributed by atoms with E-state index in [1.54, 1.807) is 19.2 Å². The first-order valence-corrected chi connectivity index (χ1v) is 7.39. The number of rotatable bonds is 2. The standard InChI is InChI=1S/C19H15NO3/c1-23-15-6-7-16-12(9-15)3-2-8-20-17-11-14(19(21)22)5-4-13(17)10-18(16)20/h2-7,9-11H,8H2,1H3,(H,21,22). The number of allylic oxidation sites excluding steroid dienone is 1. The van der Waals surface area contributed by atoms with Crippen LogP contribution >= 0.6 is 0 Å². The molecule has 0 amide bonds. The number of carboxylic acid groups (broad SMARTS) is 1. The van der Waals surface area contributed by atoms with Gasteiger partial charge in [0.2, 0.25) is 0 Å². The zero-order chi connectivity index (χ0) is 16.0. The second-order valence-corrected chi connectivity index (χ2v) is 5.57. The molecule has 4 rings (SSSR count). The Hall–Kier alpha value is -3.01.